The molecule has 1 aliphatic rings. The van der Waals surface area contributed by atoms with Gasteiger partial charge in [-0.15, -0.1) is 0 Å². The highest BCUT2D eigenvalue weighted by Crippen LogP contribution is 2.62. The van der Waals surface area contributed by atoms with E-state index < -0.39 is 0 Å². The summed E-state index contributed by atoms with van der Waals surface area (Å²) in [5, 5.41) is 0. The molecule has 0 saturated heterocycles. The molecule has 0 bridgehead atoms. The minimum atomic E-state index is 0.331. The van der Waals surface area contributed by atoms with Gasteiger partial charge in [-0.3, -0.25) is 0 Å². The summed E-state index contributed by atoms with van der Waals surface area (Å²) < 4.78 is 0. The molecule has 0 aromatic heterocycles. The van der Waals surface area contributed by atoms with Crippen molar-refractivity contribution in [1.29, 1.82) is 0 Å². The first-order valence-electron chi connectivity index (χ1n) is 6.46. The summed E-state index contributed by atoms with van der Waals surface area (Å²) in [4.78, 5) is 0. The molecule has 1 aliphatic carbocycles. The van der Waals surface area contributed by atoms with Gasteiger partial charge in [-0.2, -0.15) is 0 Å². The molecule has 0 unspecified atom stereocenters. The van der Waals surface area contributed by atoms with Gasteiger partial charge in [0.1, 0.15) is 0 Å². The van der Waals surface area contributed by atoms with E-state index in [0.29, 0.717) is 22.7 Å². The van der Waals surface area contributed by atoms with Crippen LogP contribution in [0.1, 0.15) is 52.7 Å². The molecule has 0 saturated carbocycles. The molecule has 88 valence electrons. The van der Waals surface area contributed by atoms with Crippen LogP contribution in [0.15, 0.2) is 24.3 Å². The third-order valence-electron chi connectivity index (χ3n) is 5.43. The molecule has 0 radical (unpaired) electrons. The summed E-state index contributed by atoms with van der Waals surface area (Å²) in [5.41, 5.74) is 3.80. The first kappa shape index (κ1) is 11.7. The van der Waals surface area contributed by atoms with Crippen molar-refractivity contribution in [1.82, 2.24) is 0 Å². The van der Waals surface area contributed by atoms with Gasteiger partial charge in [-0.25, -0.2) is 0 Å². The van der Waals surface area contributed by atoms with E-state index in [2.05, 4.69) is 65.8 Å². The Hall–Kier alpha value is -0.780. The van der Waals surface area contributed by atoms with Crippen molar-refractivity contribution in [2.24, 2.45) is 11.8 Å². The van der Waals surface area contributed by atoms with Gasteiger partial charge in [0, 0.05) is 10.8 Å². The van der Waals surface area contributed by atoms with Crippen LogP contribution in [0, 0.1) is 11.8 Å². The summed E-state index contributed by atoms with van der Waals surface area (Å²) >= 11 is 0. The van der Waals surface area contributed by atoms with Crippen LogP contribution in [-0.2, 0) is 10.8 Å². The molecular formula is C16H24. The van der Waals surface area contributed by atoms with Gasteiger partial charge in [-0.1, -0.05) is 65.8 Å². The molecule has 2 rings (SSSR count). The summed E-state index contributed by atoms with van der Waals surface area (Å²) in [7, 11) is 0. The van der Waals surface area contributed by atoms with Gasteiger partial charge in [0.05, 0.1) is 0 Å². The van der Waals surface area contributed by atoms with Crippen molar-refractivity contribution in [3.05, 3.63) is 35.4 Å². The highest BCUT2D eigenvalue weighted by molar-refractivity contribution is 5.54. The summed E-state index contributed by atoms with van der Waals surface area (Å²) in [5.74, 6) is 1.38. The molecule has 0 spiro atoms. The molecule has 2 atom stereocenters. The van der Waals surface area contributed by atoms with E-state index in [1.165, 1.54) is 0 Å². The van der Waals surface area contributed by atoms with Crippen LogP contribution in [0.2, 0.25) is 0 Å². The van der Waals surface area contributed by atoms with Crippen molar-refractivity contribution in [3.8, 4) is 0 Å². The molecular weight excluding hydrogens is 192 g/mol. The van der Waals surface area contributed by atoms with E-state index in [0.717, 1.165) is 0 Å². The minimum absolute atomic E-state index is 0.331. The quantitative estimate of drug-likeness (QED) is 0.681. The maximum atomic E-state index is 2.44. The van der Waals surface area contributed by atoms with Crippen molar-refractivity contribution in [3.63, 3.8) is 0 Å². The molecule has 1 aromatic rings. The van der Waals surface area contributed by atoms with Gasteiger partial charge in [0.25, 0.3) is 0 Å². The Morgan fingerprint density at radius 2 is 1.06 bits per heavy atom. The Balaban J connectivity index is 2.64. The number of hydrogen-bond donors (Lipinski definition) is 0. The maximum absolute atomic E-state index is 2.44. The zero-order valence-corrected chi connectivity index (χ0v) is 11.5. The lowest BCUT2D eigenvalue weighted by Crippen LogP contribution is -2.60. The molecule has 0 fully saturated rings. The highest BCUT2D eigenvalue weighted by Gasteiger charge is 2.59. The summed E-state index contributed by atoms with van der Waals surface area (Å²) in [6, 6.07) is 9.00. The standard InChI is InChI=1S/C16H24/c1-11(2)15(5)13-9-7-8-10-14(13)16(15,6)12(3)4/h7-12H,1-6H3/t15-,16-/m1/s1. The smallest absolute Gasteiger partial charge is 0.00473 e. The molecule has 0 N–H and O–H groups in total. The van der Waals surface area contributed by atoms with Crippen LogP contribution < -0.4 is 0 Å². The van der Waals surface area contributed by atoms with Crippen LogP contribution >= 0.6 is 0 Å². The van der Waals surface area contributed by atoms with Gasteiger partial charge in [-0.05, 0) is 23.0 Å². The zero-order chi connectivity index (χ0) is 12.1. The molecule has 0 amide bonds. The number of benzene rings is 1. The van der Waals surface area contributed by atoms with Crippen LogP contribution in [0.4, 0.5) is 0 Å². The molecule has 0 aliphatic heterocycles. The zero-order valence-electron chi connectivity index (χ0n) is 11.5. The van der Waals surface area contributed by atoms with E-state index in [9.17, 15) is 0 Å². The monoisotopic (exact) mass is 216 g/mol. The van der Waals surface area contributed by atoms with Gasteiger partial charge in [0.15, 0.2) is 0 Å². The number of hydrogen-bond acceptors (Lipinski definition) is 0. The topological polar surface area (TPSA) is 0 Å². The van der Waals surface area contributed by atoms with Gasteiger partial charge >= 0.3 is 0 Å². The maximum Gasteiger partial charge on any atom is 0.00473 e. The third kappa shape index (κ3) is 1.06. The lowest BCUT2D eigenvalue weighted by atomic mass is 9.41. The van der Waals surface area contributed by atoms with Gasteiger partial charge < -0.3 is 0 Å². The Labute approximate surface area is 100 Å². The first-order chi connectivity index (χ1) is 7.36. The molecule has 16 heavy (non-hydrogen) atoms. The molecule has 0 heteroatoms. The second kappa shape index (κ2) is 3.35. The Kier molecular flexibility index (Phi) is 2.45. The minimum Gasteiger partial charge on any atom is -0.0620 e. The first-order valence-corrected chi connectivity index (χ1v) is 6.46. The average molecular weight is 216 g/mol. The van der Waals surface area contributed by atoms with Gasteiger partial charge in [0.2, 0.25) is 0 Å². The Morgan fingerprint density at radius 1 is 0.750 bits per heavy atom. The number of fused-ring (bicyclic) bond motifs is 1. The average Bonchev–Trinajstić information content (AvgIpc) is 2.26. The summed E-state index contributed by atoms with van der Waals surface area (Å²) in [6.45, 7) is 14.3. The molecule has 0 nitrogen and oxygen atoms in total. The lowest BCUT2D eigenvalue weighted by Gasteiger charge is -2.62. The second-order valence-electron chi connectivity index (χ2n) is 6.26. The highest BCUT2D eigenvalue weighted by atomic mass is 14.6. The normalized spacial score (nSPS) is 32.8. The van der Waals surface area contributed by atoms with E-state index in [1.807, 2.05) is 0 Å². The fraction of sp³-hybridized carbons (Fsp3) is 0.625. The van der Waals surface area contributed by atoms with Crippen molar-refractivity contribution in [2.45, 2.75) is 52.4 Å². The fourth-order valence-corrected chi connectivity index (χ4v) is 3.71. The van der Waals surface area contributed by atoms with E-state index in [4.69, 9.17) is 0 Å². The van der Waals surface area contributed by atoms with E-state index in [-0.39, 0.29) is 0 Å². The largest absolute Gasteiger partial charge is 0.0620 e. The van der Waals surface area contributed by atoms with Crippen LogP contribution in [-0.4, -0.2) is 0 Å². The van der Waals surface area contributed by atoms with Crippen molar-refractivity contribution in [2.75, 3.05) is 0 Å². The second-order valence-corrected chi connectivity index (χ2v) is 6.26. The van der Waals surface area contributed by atoms with Crippen molar-refractivity contribution >= 4 is 0 Å². The predicted molar refractivity (Wildman–Crippen MR) is 70.8 cm³/mol. The molecule has 0 heterocycles. The van der Waals surface area contributed by atoms with Crippen LogP contribution in [0.25, 0.3) is 0 Å². The summed E-state index contributed by atoms with van der Waals surface area (Å²) in [6.07, 6.45) is 0. The van der Waals surface area contributed by atoms with E-state index in [1.54, 1.807) is 11.1 Å². The lowest BCUT2D eigenvalue weighted by molar-refractivity contribution is 0.0869. The Bertz CT molecular complexity index is 363. The van der Waals surface area contributed by atoms with Crippen LogP contribution in [0.3, 0.4) is 0 Å². The van der Waals surface area contributed by atoms with Crippen LogP contribution in [0.5, 0.6) is 0 Å². The predicted octanol–water partition coefficient (Wildman–Crippen LogP) is 4.53. The molecule has 1 aromatic carbocycles. The van der Waals surface area contributed by atoms with Crippen molar-refractivity contribution < 1.29 is 0 Å². The SMILES string of the molecule is CC(C)[C@]1(C)c2ccccc2[C@@]1(C)C(C)C. The van der Waals surface area contributed by atoms with E-state index >= 15 is 0 Å². The third-order valence-corrected chi connectivity index (χ3v) is 5.43. The number of rotatable bonds is 2. The Morgan fingerprint density at radius 3 is 1.31 bits per heavy atom. The fourth-order valence-electron chi connectivity index (χ4n) is 3.71.